The van der Waals surface area contributed by atoms with Crippen LogP contribution in [0, 0.1) is 5.92 Å². The van der Waals surface area contributed by atoms with Crippen LogP contribution in [0.15, 0.2) is 12.1 Å². The van der Waals surface area contributed by atoms with Gasteiger partial charge < -0.3 is 23.9 Å². The molecule has 0 saturated carbocycles. The van der Waals surface area contributed by atoms with Gasteiger partial charge in [-0.25, -0.2) is 9.78 Å². The molecule has 1 aliphatic heterocycles. The van der Waals surface area contributed by atoms with Gasteiger partial charge in [-0.05, 0) is 5.92 Å². The molecule has 0 radical (unpaired) electrons. The fourth-order valence-electron chi connectivity index (χ4n) is 2.77. The number of carboxylic acid groups (broad SMARTS) is 1. The van der Waals surface area contributed by atoms with E-state index in [9.17, 15) is 9.90 Å². The predicted molar refractivity (Wildman–Crippen MR) is 78.1 cm³/mol. The highest BCUT2D eigenvalue weighted by Gasteiger charge is 2.29. The number of imidazole rings is 1. The van der Waals surface area contributed by atoms with Crippen LogP contribution in [0.5, 0.6) is 11.5 Å². The first-order valence-electron chi connectivity index (χ1n) is 7.05. The summed E-state index contributed by atoms with van der Waals surface area (Å²) >= 11 is 0. The molecule has 1 aromatic carbocycles. The van der Waals surface area contributed by atoms with Gasteiger partial charge in [0, 0.05) is 19.2 Å². The number of aliphatic carboxylic acids is 1. The van der Waals surface area contributed by atoms with Crippen molar-refractivity contribution in [3.8, 4) is 11.5 Å². The number of ether oxygens (including phenoxy) is 3. The van der Waals surface area contributed by atoms with Crippen LogP contribution in [-0.2, 0) is 16.1 Å². The topological polar surface area (TPSA) is 82.8 Å². The number of aromatic nitrogens is 2. The van der Waals surface area contributed by atoms with Crippen LogP contribution in [0.2, 0.25) is 0 Å². The van der Waals surface area contributed by atoms with Gasteiger partial charge in [0.25, 0.3) is 0 Å². The summed E-state index contributed by atoms with van der Waals surface area (Å²) < 4.78 is 17.6. The van der Waals surface area contributed by atoms with Crippen LogP contribution in [0.3, 0.4) is 0 Å². The number of methoxy groups -OCH3 is 1. The first-order valence-corrected chi connectivity index (χ1v) is 7.05. The molecule has 7 nitrogen and oxygen atoms in total. The van der Waals surface area contributed by atoms with Crippen LogP contribution >= 0.6 is 0 Å². The molecule has 1 aliphatic rings. The van der Waals surface area contributed by atoms with Gasteiger partial charge in [0.1, 0.15) is 18.5 Å². The second-order valence-electron chi connectivity index (χ2n) is 5.55. The summed E-state index contributed by atoms with van der Waals surface area (Å²) in [6.07, 6.45) is 0. The van der Waals surface area contributed by atoms with E-state index in [0.29, 0.717) is 28.4 Å². The van der Waals surface area contributed by atoms with E-state index in [-0.39, 0.29) is 19.3 Å². The highest BCUT2D eigenvalue weighted by molar-refractivity contribution is 5.83. The highest BCUT2D eigenvalue weighted by atomic mass is 16.7. The zero-order valence-electron chi connectivity index (χ0n) is 12.7. The number of nitrogens with zero attached hydrogens (tertiary/aromatic N) is 2. The monoisotopic (exact) mass is 306 g/mol. The molecule has 7 heteroatoms. The molecule has 2 heterocycles. The van der Waals surface area contributed by atoms with Gasteiger partial charge in [0.05, 0.1) is 11.0 Å². The summed E-state index contributed by atoms with van der Waals surface area (Å²) in [6, 6.07) is 2.82. The minimum atomic E-state index is -0.899. The minimum Gasteiger partial charge on any atom is -0.480 e. The maximum atomic E-state index is 11.7. The van der Waals surface area contributed by atoms with Gasteiger partial charge in [-0.1, -0.05) is 13.8 Å². The molecule has 0 amide bonds. The average molecular weight is 306 g/mol. The fraction of sp³-hybridized carbons (Fsp3) is 0.467. The van der Waals surface area contributed by atoms with Crippen LogP contribution in [0.1, 0.15) is 25.7 Å². The number of benzene rings is 1. The molecule has 3 rings (SSSR count). The van der Waals surface area contributed by atoms with Gasteiger partial charge in [0.15, 0.2) is 11.5 Å². The first-order chi connectivity index (χ1) is 10.5. The molecule has 1 atom stereocenters. The van der Waals surface area contributed by atoms with Crippen molar-refractivity contribution >= 4 is 17.0 Å². The summed E-state index contributed by atoms with van der Waals surface area (Å²) in [5.41, 5.74) is 1.38. The van der Waals surface area contributed by atoms with Crippen molar-refractivity contribution in [1.82, 2.24) is 9.55 Å². The Hall–Kier alpha value is -2.28. The third-order valence-corrected chi connectivity index (χ3v) is 3.69. The van der Waals surface area contributed by atoms with E-state index in [0.717, 1.165) is 0 Å². The molecule has 0 spiro atoms. The summed E-state index contributed by atoms with van der Waals surface area (Å²) in [6.45, 7) is 4.14. The largest absolute Gasteiger partial charge is 0.480 e. The van der Waals surface area contributed by atoms with Crippen molar-refractivity contribution in [1.29, 1.82) is 0 Å². The fourth-order valence-corrected chi connectivity index (χ4v) is 2.77. The SMILES string of the molecule is COCc1nc2cc3c(cc2n1C(C(=O)O)C(C)C)OCO3. The molecule has 118 valence electrons. The first kappa shape index (κ1) is 14.6. The molecule has 1 unspecified atom stereocenters. The lowest BCUT2D eigenvalue weighted by Crippen LogP contribution is -2.26. The number of carboxylic acids is 1. The Balaban J connectivity index is 2.24. The van der Waals surface area contributed by atoms with Crippen molar-refractivity contribution in [3.63, 3.8) is 0 Å². The highest BCUT2D eigenvalue weighted by Crippen LogP contribution is 2.38. The summed E-state index contributed by atoms with van der Waals surface area (Å²) in [7, 11) is 1.56. The van der Waals surface area contributed by atoms with Crippen molar-refractivity contribution in [3.05, 3.63) is 18.0 Å². The average Bonchev–Trinajstić information content (AvgIpc) is 3.01. The van der Waals surface area contributed by atoms with Gasteiger partial charge >= 0.3 is 5.97 Å². The van der Waals surface area contributed by atoms with E-state index in [4.69, 9.17) is 14.2 Å². The van der Waals surface area contributed by atoms with Gasteiger partial charge in [-0.15, -0.1) is 0 Å². The lowest BCUT2D eigenvalue weighted by molar-refractivity contribution is -0.142. The minimum absolute atomic E-state index is 0.101. The van der Waals surface area contributed by atoms with E-state index in [1.54, 1.807) is 23.8 Å². The van der Waals surface area contributed by atoms with Crippen molar-refractivity contribution in [2.45, 2.75) is 26.5 Å². The molecular weight excluding hydrogens is 288 g/mol. The second-order valence-corrected chi connectivity index (χ2v) is 5.55. The molecule has 2 aromatic rings. The Labute approximate surface area is 127 Å². The Morgan fingerprint density at radius 2 is 2.09 bits per heavy atom. The zero-order chi connectivity index (χ0) is 15.9. The van der Waals surface area contributed by atoms with Gasteiger partial charge in [0.2, 0.25) is 6.79 Å². The summed E-state index contributed by atoms with van der Waals surface area (Å²) in [4.78, 5) is 16.2. The number of hydrogen-bond donors (Lipinski definition) is 1. The van der Waals surface area contributed by atoms with E-state index in [1.165, 1.54) is 0 Å². The van der Waals surface area contributed by atoms with Crippen LogP contribution in [0.25, 0.3) is 11.0 Å². The Morgan fingerprint density at radius 3 is 2.68 bits per heavy atom. The molecule has 0 fully saturated rings. The predicted octanol–water partition coefficient (Wildman–Crippen LogP) is 2.19. The summed E-state index contributed by atoms with van der Waals surface area (Å²) in [5, 5.41) is 9.62. The molecular formula is C15H18N2O5. The molecule has 1 aromatic heterocycles. The Kier molecular flexibility index (Phi) is 3.66. The van der Waals surface area contributed by atoms with E-state index in [1.807, 2.05) is 13.8 Å². The molecule has 0 aliphatic carbocycles. The number of carbonyl (C=O) groups is 1. The third-order valence-electron chi connectivity index (χ3n) is 3.69. The smallest absolute Gasteiger partial charge is 0.327 e. The molecule has 0 bridgehead atoms. The second kappa shape index (κ2) is 5.49. The van der Waals surface area contributed by atoms with E-state index in [2.05, 4.69) is 4.98 Å². The zero-order valence-corrected chi connectivity index (χ0v) is 12.7. The third kappa shape index (κ3) is 2.27. The number of hydrogen-bond acceptors (Lipinski definition) is 5. The Bertz CT molecular complexity index is 722. The normalized spacial score (nSPS) is 14.7. The maximum absolute atomic E-state index is 11.7. The summed E-state index contributed by atoms with van der Waals surface area (Å²) in [5.74, 6) is 0.797. The Morgan fingerprint density at radius 1 is 1.41 bits per heavy atom. The van der Waals surface area contributed by atoms with Crippen LogP contribution in [-0.4, -0.2) is 34.5 Å². The number of fused-ring (bicyclic) bond motifs is 2. The van der Waals surface area contributed by atoms with Crippen LogP contribution < -0.4 is 9.47 Å². The van der Waals surface area contributed by atoms with E-state index < -0.39 is 12.0 Å². The quantitative estimate of drug-likeness (QED) is 0.911. The maximum Gasteiger partial charge on any atom is 0.327 e. The van der Waals surface area contributed by atoms with Crippen LogP contribution in [0.4, 0.5) is 0 Å². The lowest BCUT2D eigenvalue weighted by Gasteiger charge is -2.21. The number of rotatable bonds is 5. The van der Waals surface area contributed by atoms with E-state index >= 15 is 0 Å². The van der Waals surface area contributed by atoms with Gasteiger partial charge in [-0.2, -0.15) is 0 Å². The standard InChI is InChI=1S/C15H18N2O5/c1-8(2)14(15(18)19)17-10-5-12-11(21-7-22-12)4-9(10)16-13(17)6-20-3/h4-5,8,14H,6-7H2,1-3H3,(H,18,19). The molecule has 0 saturated heterocycles. The molecule has 22 heavy (non-hydrogen) atoms. The van der Waals surface area contributed by atoms with Crippen molar-refractivity contribution in [2.75, 3.05) is 13.9 Å². The van der Waals surface area contributed by atoms with Crippen molar-refractivity contribution in [2.24, 2.45) is 5.92 Å². The lowest BCUT2D eigenvalue weighted by atomic mass is 10.0. The van der Waals surface area contributed by atoms with Crippen molar-refractivity contribution < 1.29 is 24.1 Å². The molecule has 1 N–H and O–H groups in total. The van der Waals surface area contributed by atoms with Gasteiger partial charge in [-0.3, -0.25) is 0 Å².